The first-order chi connectivity index (χ1) is 10.1. The van der Waals surface area contributed by atoms with Gasteiger partial charge in [0.1, 0.15) is 0 Å². The Morgan fingerprint density at radius 3 is 2.90 bits per heavy atom. The van der Waals surface area contributed by atoms with Crippen molar-refractivity contribution >= 4 is 0 Å². The summed E-state index contributed by atoms with van der Waals surface area (Å²) in [6.45, 7) is 13.5. The highest BCUT2D eigenvalue weighted by molar-refractivity contribution is 5.00. The van der Waals surface area contributed by atoms with Crippen LogP contribution < -0.4 is 5.32 Å². The molecule has 2 unspecified atom stereocenters. The van der Waals surface area contributed by atoms with E-state index in [0.717, 1.165) is 25.4 Å². The monoisotopic (exact) mass is 292 g/mol. The second-order valence-electron chi connectivity index (χ2n) is 6.85. The molecule has 1 N–H and O–H groups in total. The second kappa shape index (κ2) is 7.95. The van der Waals surface area contributed by atoms with Gasteiger partial charge in [-0.15, -0.1) is 0 Å². The lowest BCUT2D eigenvalue weighted by atomic mass is 9.97. The number of likely N-dealkylation sites (tertiary alicyclic amines) is 1. The molecule has 4 nitrogen and oxygen atoms in total. The zero-order valence-corrected chi connectivity index (χ0v) is 14.2. The summed E-state index contributed by atoms with van der Waals surface area (Å²) in [5.74, 6) is 0.790. The Bertz CT molecular complexity index is 413. The summed E-state index contributed by atoms with van der Waals surface area (Å²) in [6.07, 6.45) is 5.94. The summed E-state index contributed by atoms with van der Waals surface area (Å²) in [4.78, 5) is 2.57. The minimum atomic E-state index is 0.503. The van der Waals surface area contributed by atoms with Crippen molar-refractivity contribution in [1.29, 1.82) is 0 Å². The Labute approximate surface area is 129 Å². The predicted octanol–water partition coefficient (Wildman–Crippen LogP) is 3.06. The largest absolute Gasteiger partial charge is 0.314 e. The van der Waals surface area contributed by atoms with Crippen molar-refractivity contribution < 1.29 is 0 Å². The van der Waals surface area contributed by atoms with Gasteiger partial charge in [-0.2, -0.15) is 5.10 Å². The summed E-state index contributed by atoms with van der Waals surface area (Å²) in [6, 6.07) is 3.27. The average molecular weight is 292 g/mol. The maximum absolute atomic E-state index is 4.73. The highest BCUT2D eigenvalue weighted by Crippen LogP contribution is 2.18. The number of aromatic nitrogens is 2. The van der Waals surface area contributed by atoms with Crippen molar-refractivity contribution in [2.75, 3.05) is 19.6 Å². The molecular formula is C17H32N4. The molecule has 120 valence electrons. The normalized spacial score (nSPS) is 21.9. The van der Waals surface area contributed by atoms with Gasteiger partial charge in [0.25, 0.3) is 0 Å². The van der Waals surface area contributed by atoms with Crippen LogP contribution in [0.15, 0.2) is 12.3 Å². The molecule has 0 aromatic carbocycles. The standard InChI is InChI=1S/C17H32N4/c1-5-15(4)21-10-8-17(19-21)13-20-9-6-7-16(12-20)11-18-14(2)3/h8,10,14-16,18H,5-7,9,11-13H2,1-4H3. The molecule has 2 rings (SSSR count). The van der Waals surface area contributed by atoms with Crippen molar-refractivity contribution in [3.8, 4) is 0 Å². The van der Waals surface area contributed by atoms with Crippen LogP contribution in [0, 0.1) is 5.92 Å². The topological polar surface area (TPSA) is 33.1 Å². The van der Waals surface area contributed by atoms with Crippen molar-refractivity contribution in [3.05, 3.63) is 18.0 Å². The molecule has 2 heterocycles. The minimum Gasteiger partial charge on any atom is -0.314 e. The third kappa shape index (κ3) is 5.11. The molecule has 0 saturated carbocycles. The van der Waals surface area contributed by atoms with E-state index in [0.29, 0.717) is 12.1 Å². The van der Waals surface area contributed by atoms with Crippen LogP contribution in [-0.2, 0) is 6.54 Å². The first-order valence-electron chi connectivity index (χ1n) is 8.58. The Hall–Kier alpha value is -0.870. The first kappa shape index (κ1) is 16.5. The van der Waals surface area contributed by atoms with Gasteiger partial charge in [-0.25, -0.2) is 0 Å². The quantitative estimate of drug-likeness (QED) is 0.838. The zero-order chi connectivity index (χ0) is 15.2. The maximum Gasteiger partial charge on any atom is 0.0764 e. The van der Waals surface area contributed by atoms with Crippen LogP contribution in [0.25, 0.3) is 0 Å². The summed E-state index contributed by atoms with van der Waals surface area (Å²) in [5.41, 5.74) is 1.22. The van der Waals surface area contributed by atoms with Crippen LogP contribution in [0.3, 0.4) is 0 Å². The van der Waals surface area contributed by atoms with E-state index < -0.39 is 0 Å². The molecule has 1 saturated heterocycles. The summed E-state index contributed by atoms with van der Waals surface area (Å²) >= 11 is 0. The van der Waals surface area contributed by atoms with E-state index in [9.17, 15) is 0 Å². The zero-order valence-electron chi connectivity index (χ0n) is 14.2. The van der Waals surface area contributed by atoms with Crippen molar-refractivity contribution in [3.63, 3.8) is 0 Å². The lowest BCUT2D eigenvalue weighted by molar-refractivity contribution is 0.162. The number of hydrogen-bond donors (Lipinski definition) is 1. The Balaban J connectivity index is 1.83. The van der Waals surface area contributed by atoms with E-state index in [1.54, 1.807) is 0 Å². The highest BCUT2D eigenvalue weighted by atomic mass is 15.3. The lowest BCUT2D eigenvalue weighted by Crippen LogP contribution is -2.40. The fourth-order valence-corrected chi connectivity index (χ4v) is 2.99. The second-order valence-corrected chi connectivity index (χ2v) is 6.85. The molecule has 1 aromatic heterocycles. The van der Waals surface area contributed by atoms with E-state index in [1.807, 2.05) is 0 Å². The first-order valence-corrected chi connectivity index (χ1v) is 8.58. The minimum absolute atomic E-state index is 0.503. The van der Waals surface area contributed by atoms with Crippen LogP contribution in [0.2, 0.25) is 0 Å². The molecule has 4 heteroatoms. The maximum atomic E-state index is 4.73. The smallest absolute Gasteiger partial charge is 0.0764 e. The fourth-order valence-electron chi connectivity index (χ4n) is 2.99. The van der Waals surface area contributed by atoms with Gasteiger partial charge in [0, 0.05) is 31.4 Å². The number of nitrogens with one attached hydrogen (secondary N) is 1. The highest BCUT2D eigenvalue weighted by Gasteiger charge is 2.20. The molecule has 1 aliphatic heterocycles. The van der Waals surface area contributed by atoms with Gasteiger partial charge in [0.05, 0.1) is 5.69 Å². The van der Waals surface area contributed by atoms with Gasteiger partial charge >= 0.3 is 0 Å². The summed E-state index contributed by atoms with van der Waals surface area (Å²) in [7, 11) is 0. The van der Waals surface area contributed by atoms with Gasteiger partial charge < -0.3 is 5.32 Å². The van der Waals surface area contributed by atoms with E-state index >= 15 is 0 Å². The van der Waals surface area contributed by atoms with Gasteiger partial charge in [-0.1, -0.05) is 20.8 Å². The number of hydrogen-bond acceptors (Lipinski definition) is 3. The molecule has 0 aliphatic carbocycles. The predicted molar refractivity (Wildman–Crippen MR) is 88.4 cm³/mol. The van der Waals surface area contributed by atoms with Crippen LogP contribution in [-0.4, -0.2) is 40.4 Å². The average Bonchev–Trinajstić information content (AvgIpc) is 2.93. The number of nitrogens with zero attached hydrogens (tertiary/aromatic N) is 3. The van der Waals surface area contributed by atoms with Crippen LogP contribution in [0.5, 0.6) is 0 Å². The molecular weight excluding hydrogens is 260 g/mol. The molecule has 0 amide bonds. The van der Waals surface area contributed by atoms with Gasteiger partial charge in [0.2, 0.25) is 0 Å². The molecule has 0 radical (unpaired) electrons. The molecule has 0 spiro atoms. The molecule has 21 heavy (non-hydrogen) atoms. The van der Waals surface area contributed by atoms with E-state index in [1.165, 1.54) is 31.6 Å². The Kier molecular flexibility index (Phi) is 6.24. The molecule has 1 aromatic rings. The molecule has 1 fully saturated rings. The van der Waals surface area contributed by atoms with Crippen molar-refractivity contribution in [1.82, 2.24) is 20.0 Å². The summed E-state index contributed by atoms with van der Waals surface area (Å²) < 4.78 is 2.11. The van der Waals surface area contributed by atoms with Gasteiger partial charge in [-0.05, 0) is 51.3 Å². The van der Waals surface area contributed by atoms with Crippen molar-refractivity contribution in [2.24, 2.45) is 5.92 Å². The van der Waals surface area contributed by atoms with E-state index in [2.05, 4.69) is 54.9 Å². The third-order valence-corrected chi connectivity index (χ3v) is 4.51. The molecule has 2 atom stereocenters. The lowest BCUT2D eigenvalue weighted by Gasteiger charge is -2.32. The Morgan fingerprint density at radius 1 is 1.38 bits per heavy atom. The van der Waals surface area contributed by atoms with Crippen LogP contribution >= 0.6 is 0 Å². The number of piperidine rings is 1. The Morgan fingerprint density at radius 2 is 2.19 bits per heavy atom. The third-order valence-electron chi connectivity index (χ3n) is 4.51. The van der Waals surface area contributed by atoms with Gasteiger partial charge in [-0.3, -0.25) is 9.58 Å². The van der Waals surface area contributed by atoms with Crippen LogP contribution in [0.1, 0.15) is 58.7 Å². The fraction of sp³-hybridized carbons (Fsp3) is 0.824. The molecule has 0 bridgehead atoms. The van der Waals surface area contributed by atoms with Gasteiger partial charge in [0.15, 0.2) is 0 Å². The van der Waals surface area contributed by atoms with E-state index in [-0.39, 0.29) is 0 Å². The van der Waals surface area contributed by atoms with Crippen molar-refractivity contribution in [2.45, 2.75) is 65.6 Å². The molecule has 1 aliphatic rings. The number of rotatable bonds is 7. The van der Waals surface area contributed by atoms with E-state index in [4.69, 9.17) is 5.10 Å². The summed E-state index contributed by atoms with van der Waals surface area (Å²) in [5, 5.41) is 8.31. The van der Waals surface area contributed by atoms with Crippen LogP contribution in [0.4, 0.5) is 0 Å². The SMILES string of the molecule is CCC(C)n1ccc(CN2CCCC(CNC(C)C)C2)n1.